The Kier molecular flexibility index (Phi) is 2.91. The van der Waals surface area contributed by atoms with Gasteiger partial charge in [-0.3, -0.25) is 4.79 Å². The molecule has 1 unspecified atom stereocenters. The Balaban J connectivity index is 1.98. The number of rotatable bonds is 1. The molecular formula is C14H11ClN2O3. The number of benzene rings is 2. The summed E-state index contributed by atoms with van der Waals surface area (Å²) in [6.07, 6.45) is -0.500. The molecule has 1 aliphatic heterocycles. The summed E-state index contributed by atoms with van der Waals surface area (Å²) in [6, 6.07) is 9.33. The van der Waals surface area contributed by atoms with Crippen molar-refractivity contribution >= 4 is 23.2 Å². The summed E-state index contributed by atoms with van der Waals surface area (Å²) in [4.78, 5) is 12.0. The highest BCUT2D eigenvalue weighted by atomic mass is 35.5. The van der Waals surface area contributed by atoms with Crippen LogP contribution in [0.4, 0.5) is 5.69 Å². The summed E-state index contributed by atoms with van der Waals surface area (Å²) in [7, 11) is 0. The Morgan fingerprint density at radius 3 is 2.55 bits per heavy atom. The summed E-state index contributed by atoms with van der Waals surface area (Å²) in [6.45, 7) is 0. The van der Waals surface area contributed by atoms with E-state index in [1.54, 1.807) is 24.3 Å². The van der Waals surface area contributed by atoms with E-state index in [0.717, 1.165) is 0 Å². The van der Waals surface area contributed by atoms with Crippen molar-refractivity contribution in [3.05, 3.63) is 52.5 Å². The van der Waals surface area contributed by atoms with Gasteiger partial charge in [-0.05, 0) is 35.9 Å². The molecule has 1 amide bonds. The number of hydrogen-bond donors (Lipinski definition) is 4. The fourth-order valence-corrected chi connectivity index (χ4v) is 2.29. The highest BCUT2D eigenvalue weighted by Gasteiger charge is 2.25. The molecule has 2 aromatic carbocycles. The molecule has 1 atom stereocenters. The second-order valence-corrected chi connectivity index (χ2v) is 4.93. The minimum atomic E-state index is -0.500. The second-order valence-electron chi connectivity index (χ2n) is 4.49. The molecule has 0 aromatic heterocycles. The third kappa shape index (κ3) is 2.12. The predicted molar refractivity (Wildman–Crippen MR) is 75.1 cm³/mol. The lowest BCUT2D eigenvalue weighted by Crippen LogP contribution is -2.38. The van der Waals surface area contributed by atoms with E-state index >= 15 is 0 Å². The van der Waals surface area contributed by atoms with Crippen LogP contribution in [0.25, 0.3) is 0 Å². The van der Waals surface area contributed by atoms with Gasteiger partial charge in [0.1, 0.15) is 6.17 Å². The van der Waals surface area contributed by atoms with Crippen LogP contribution in [-0.2, 0) is 0 Å². The maximum absolute atomic E-state index is 12.0. The Bertz CT molecular complexity index is 703. The molecule has 0 saturated carbocycles. The standard InChI is InChI=1S/C14H11ClN2O3/c15-8-2-3-9-10(6-8)16-13(17-14(9)20)7-1-4-11(18)12(19)5-7/h1-6,13,16,18-19H,(H,17,20). The van der Waals surface area contributed by atoms with Crippen LogP contribution in [0.1, 0.15) is 22.1 Å². The largest absolute Gasteiger partial charge is 0.504 e. The van der Waals surface area contributed by atoms with Crippen molar-refractivity contribution in [3.63, 3.8) is 0 Å². The molecule has 4 N–H and O–H groups in total. The lowest BCUT2D eigenvalue weighted by molar-refractivity contribution is 0.0935. The average Bonchev–Trinajstić information content (AvgIpc) is 2.41. The maximum atomic E-state index is 12.0. The lowest BCUT2D eigenvalue weighted by atomic mass is 10.1. The number of amides is 1. The van der Waals surface area contributed by atoms with E-state index in [1.165, 1.54) is 12.1 Å². The number of phenols is 2. The highest BCUT2D eigenvalue weighted by Crippen LogP contribution is 2.32. The van der Waals surface area contributed by atoms with Crippen molar-refractivity contribution in [2.75, 3.05) is 5.32 Å². The molecule has 6 heteroatoms. The number of aromatic hydroxyl groups is 2. The zero-order valence-electron chi connectivity index (χ0n) is 10.2. The molecule has 0 radical (unpaired) electrons. The van der Waals surface area contributed by atoms with E-state index in [4.69, 9.17) is 11.6 Å². The zero-order valence-corrected chi connectivity index (χ0v) is 11.0. The first-order valence-electron chi connectivity index (χ1n) is 5.93. The topological polar surface area (TPSA) is 81.6 Å². The van der Waals surface area contributed by atoms with Gasteiger partial charge in [0.2, 0.25) is 0 Å². The SMILES string of the molecule is O=C1NC(c2ccc(O)c(O)c2)Nc2cc(Cl)ccc21. The summed E-state index contributed by atoms with van der Waals surface area (Å²) < 4.78 is 0. The minimum Gasteiger partial charge on any atom is -0.504 e. The Labute approximate surface area is 119 Å². The van der Waals surface area contributed by atoms with Crippen LogP contribution < -0.4 is 10.6 Å². The van der Waals surface area contributed by atoms with Crippen molar-refractivity contribution in [1.82, 2.24) is 5.32 Å². The highest BCUT2D eigenvalue weighted by molar-refractivity contribution is 6.31. The number of carbonyl (C=O) groups excluding carboxylic acids is 1. The molecule has 102 valence electrons. The van der Waals surface area contributed by atoms with E-state index in [1.807, 2.05) is 0 Å². The maximum Gasteiger partial charge on any atom is 0.255 e. The Morgan fingerprint density at radius 2 is 1.80 bits per heavy atom. The van der Waals surface area contributed by atoms with Gasteiger partial charge in [-0.1, -0.05) is 17.7 Å². The lowest BCUT2D eigenvalue weighted by Gasteiger charge is -2.28. The van der Waals surface area contributed by atoms with Crippen LogP contribution in [-0.4, -0.2) is 16.1 Å². The third-order valence-corrected chi connectivity index (χ3v) is 3.37. The smallest absolute Gasteiger partial charge is 0.255 e. The van der Waals surface area contributed by atoms with E-state index in [9.17, 15) is 15.0 Å². The first-order valence-corrected chi connectivity index (χ1v) is 6.31. The van der Waals surface area contributed by atoms with E-state index in [0.29, 0.717) is 21.8 Å². The van der Waals surface area contributed by atoms with Crippen LogP contribution in [0, 0.1) is 0 Å². The summed E-state index contributed by atoms with van der Waals surface area (Å²) >= 11 is 5.92. The van der Waals surface area contributed by atoms with Gasteiger partial charge in [0.15, 0.2) is 11.5 Å². The number of fused-ring (bicyclic) bond motifs is 1. The van der Waals surface area contributed by atoms with Crippen LogP contribution in [0.15, 0.2) is 36.4 Å². The minimum absolute atomic E-state index is 0.209. The summed E-state index contributed by atoms with van der Waals surface area (Å²) in [5.41, 5.74) is 1.76. The van der Waals surface area contributed by atoms with Gasteiger partial charge < -0.3 is 20.8 Å². The molecule has 0 spiro atoms. The Hall–Kier alpha value is -2.40. The normalized spacial score (nSPS) is 17.1. The van der Waals surface area contributed by atoms with Crippen molar-refractivity contribution in [3.8, 4) is 11.5 Å². The van der Waals surface area contributed by atoms with Gasteiger partial charge in [-0.15, -0.1) is 0 Å². The van der Waals surface area contributed by atoms with Gasteiger partial charge in [0.25, 0.3) is 5.91 Å². The van der Waals surface area contributed by atoms with Crippen molar-refractivity contribution in [2.45, 2.75) is 6.17 Å². The summed E-state index contributed by atoms with van der Waals surface area (Å²) in [5.74, 6) is -0.678. The van der Waals surface area contributed by atoms with E-state index < -0.39 is 6.17 Å². The van der Waals surface area contributed by atoms with Crippen molar-refractivity contribution < 1.29 is 15.0 Å². The molecule has 1 aliphatic rings. The van der Waals surface area contributed by atoms with Gasteiger partial charge in [0.05, 0.1) is 11.3 Å². The first kappa shape index (κ1) is 12.6. The first-order chi connectivity index (χ1) is 9.54. The molecule has 20 heavy (non-hydrogen) atoms. The van der Waals surface area contributed by atoms with Crippen LogP contribution in [0.5, 0.6) is 11.5 Å². The average molecular weight is 291 g/mol. The van der Waals surface area contributed by atoms with E-state index in [-0.39, 0.29) is 17.4 Å². The van der Waals surface area contributed by atoms with Gasteiger partial charge in [-0.25, -0.2) is 0 Å². The van der Waals surface area contributed by atoms with Crippen LogP contribution in [0.3, 0.4) is 0 Å². The fraction of sp³-hybridized carbons (Fsp3) is 0.0714. The molecule has 0 fully saturated rings. The predicted octanol–water partition coefficient (Wildman–Crippen LogP) is 2.61. The quantitative estimate of drug-likeness (QED) is 0.609. The molecule has 0 bridgehead atoms. The number of nitrogens with one attached hydrogen (secondary N) is 2. The Morgan fingerprint density at radius 1 is 1.00 bits per heavy atom. The number of hydrogen-bond acceptors (Lipinski definition) is 4. The second kappa shape index (κ2) is 4.61. The van der Waals surface area contributed by atoms with Gasteiger partial charge >= 0.3 is 0 Å². The number of anilines is 1. The molecule has 2 aromatic rings. The molecule has 0 saturated heterocycles. The molecule has 1 heterocycles. The molecule has 3 rings (SSSR count). The monoisotopic (exact) mass is 290 g/mol. The number of carbonyl (C=O) groups is 1. The molecule has 5 nitrogen and oxygen atoms in total. The zero-order chi connectivity index (χ0) is 14.3. The third-order valence-electron chi connectivity index (χ3n) is 3.13. The number of phenolic OH excluding ortho intramolecular Hbond substituents is 2. The molecular weight excluding hydrogens is 280 g/mol. The van der Waals surface area contributed by atoms with Gasteiger partial charge in [-0.2, -0.15) is 0 Å². The fourth-order valence-electron chi connectivity index (χ4n) is 2.12. The van der Waals surface area contributed by atoms with Crippen LogP contribution >= 0.6 is 11.6 Å². The number of halogens is 1. The van der Waals surface area contributed by atoms with E-state index in [2.05, 4.69) is 10.6 Å². The van der Waals surface area contributed by atoms with Gasteiger partial charge in [0, 0.05) is 5.02 Å². The van der Waals surface area contributed by atoms with Crippen LogP contribution in [0.2, 0.25) is 5.02 Å². The van der Waals surface area contributed by atoms with Crippen molar-refractivity contribution in [1.29, 1.82) is 0 Å². The summed E-state index contributed by atoms with van der Waals surface area (Å²) in [5, 5.41) is 25.3. The molecule has 0 aliphatic carbocycles. The van der Waals surface area contributed by atoms with Crippen molar-refractivity contribution in [2.24, 2.45) is 0 Å².